The standard InChI is InChI=1S/C29H25ClN2O3/c1-19-9-5-6-12-22(19)28(33)24-16-15-20(17-26(24)30)32-27-14-8-7-13-23(27)25(29(31)34)18-35-21-10-3-2-4-11-21/h2-17,25,32H,18H2,1H3,(H2,31,34). The van der Waals surface area contributed by atoms with Gasteiger partial charge in [0, 0.05) is 22.5 Å². The number of aryl methyl sites for hydroxylation is 1. The number of nitrogens with one attached hydrogen (secondary N) is 1. The van der Waals surface area contributed by atoms with Crippen molar-refractivity contribution in [3.63, 3.8) is 0 Å². The number of ketones is 1. The van der Waals surface area contributed by atoms with Gasteiger partial charge in [-0.05, 0) is 54.4 Å². The number of amides is 1. The SMILES string of the molecule is Cc1ccccc1C(=O)c1ccc(Nc2ccccc2C(COc2ccccc2)C(N)=O)cc1Cl. The molecule has 0 aromatic heterocycles. The molecule has 3 N–H and O–H groups in total. The molecule has 0 saturated carbocycles. The van der Waals surface area contributed by atoms with Gasteiger partial charge in [-0.25, -0.2) is 0 Å². The second kappa shape index (κ2) is 10.9. The van der Waals surface area contributed by atoms with Gasteiger partial charge in [0.1, 0.15) is 12.4 Å². The molecule has 0 aliphatic carbocycles. The third-order valence-corrected chi connectivity index (χ3v) is 6.03. The van der Waals surface area contributed by atoms with Crippen LogP contribution in [0.2, 0.25) is 5.02 Å². The quantitative estimate of drug-likeness (QED) is 0.274. The lowest BCUT2D eigenvalue weighted by Crippen LogP contribution is -2.27. The van der Waals surface area contributed by atoms with E-state index >= 15 is 0 Å². The van der Waals surface area contributed by atoms with Crippen LogP contribution in [0.15, 0.2) is 97.1 Å². The normalized spacial score (nSPS) is 11.5. The summed E-state index contributed by atoms with van der Waals surface area (Å²) in [6.45, 7) is 1.99. The van der Waals surface area contributed by atoms with Crippen molar-refractivity contribution in [2.24, 2.45) is 5.73 Å². The van der Waals surface area contributed by atoms with Gasteiger partial charge in [0.05, 0.1) is 10.9 Å². The van der Waals surface area contributed by atoms with Gasteiger partial charge in [-0.3, -0.25) is 9.59 Å². The number of benzene rings is 4. The van der Waals surface area contributed by atoms with Crippen molar-refractivity contribution in [3.8, 4) is 5.75 Å². The summed E-state index contributed by atoms with van der Waals surface area (Å²) in [5.41, 5.74) is 9.73. The van der Waals surface area contributed by atoms with Gasteiger partial charge in [-0.1, -0.05) is 72.3 Å². The molecule has 0 bridgehead atoms. The summed E-state index contributed by atoms with van der Waals surface area (Å²) in [7, 11) is 0. The van der Waals surface area contributed by atoms with E-state index in [1.165, 1.54) is 0 Å². The van der Waals surface area contributed by atoms with Crippen molar-refractivity contribution >= 4 is 34.7 Å². The molecule has 0 aliphatic rings. The second-order valence-corrected chi connectivity index (χ2v) is 8.54. The van der Waals surface area contributed by atoms with E-state index in [1.54, 1.807) is 24.3 Å². The number of ether oxygens (including phenoxy) is 1. The van der Waals surface area contributed by atoms with E-state index in [0.29, 0.717) is 38.8 Å². The van der Waals surface area contributed by atoms with Crippen molar-refractivity contribution < 1.29 is 14.3 Å². The summed E-state index contributed by atoms with van der Waals surface area (Å²) in [5.74, 6) is -0.638. The minimum Gasteiger partial charge on any atom is -0.492 e. The topological polar surface area (TPSA) is 81.4 Å². The molecule has 0 fully saturated rings. The number of hydrogen-bond donors (Lipinski definition) is 2. The smallest absolute Gasteiger partial charge is 0.228 e. The molecule has 4 aromatic carbocycles. The van der Waals surface area contributed by atoms with Gasteiger partial charge in [0.15, 0.2) is 5.78 Å². The molecular weight excluding hydrogens is 460 g/mol. The Labute approximate surface area is 209 Å². The Balaban J connectivity index is 1.57. The maximum absolute atomic E-state index is 13.0. The highest BCUT2D eigenvalue weighted by Gasteiger charge is 2.22. The molecule has 1 atom stereocenters. The molecule has 35 heavy (non-hydrogen) atoms. The molecule has 0 spiro atoms. The van der Waals surface area contributed by atoms with Gasteiger partial charge in [0.2, 0.25) is 5.91 Å². The number of para-hydroxylation sites is 2. The second-order valence-electron chi connectivity index (χ2n) is 8.13. The van der Waals surface area contributed by atoms with Gasteiger partial charge in [-0.2, -0.15) is 0 Å². The molecule has 4 rings (SSSR count). The van der Waals surface area contributed by atoms with Crippen molar-refractivity contribution in [2.75, 3.05) is 11.9 Å². The number of hydrogen-bond acceptors (Lipinski definition) is 4. The number of carbonyl (C=O) groups is 2. The van der Waals surface area contributed by atoms with Crippen LogP contribution in [0.4, 0.5) is 11.4 Å². The largest absolute Gasteiger partial charge is 0.492 e. The van der Waals surface area contributed by atoms with Crippen LogP contribution in [0.5, 0.6) is 5.75 Å². The summed E-state index contributed by atoms with van der Waals surface area (Å²) >= 11 is 6.51. The molecule has 0 radical (unpaired) electrons. The van der Waals surface area contributed by atoms with Gasteiger partial charge < -0.3 is 15.8 Å². The maximum atomic E-state index is 13.0. The van der Waals surface area contributed by atoms with Crippen LogP contribution in [0.3, 0.4) is 0 Å². The zero-order valence-electron chi connectivity index (χ0n) is 19.2. The monoisotopic (exact) mass is 484 g/mol. The highest BCUT2D eigenvalue weighted by Crippen LogP contribution is 2.31. The lowest BCUT2D eigenvalue weighted by molar-refractivity contribution is -0.120. The first-order valence-electron chi connectivity index (χ1n) is 11.2. The zero-order valence-corrected chi connectivity index (χ0v) is 20.0. The third kappa shape index (κ3) is 5.70. The molecule has 176 valence electrons. The first kappa shape index (κ1) is 24.0. The van der Waals surface area contributed by atoms with E-state index in [9.17, 15) is 9.59 Å². The molecule has 0 aliphatic heterocycles. The van der Waals surface area contributed by atoms with E-state index in [2.05, 4.69) is 5.32 Å². The van der Waals surface area contributed by atoms with Crippen LogP contribution in [0, 0.1) is 6.92 Å². The minimum atomic E-state index is -0.670. The Hall–Kier alpha value is -4.09. The molecule has 4 aromatic rings. The van der Waals surface area contributed by atoms with Crippen molar-refractivity contribution in [2.45, 2.75) is 12.8 Å². The van der Waals surface area contributed by atoms with Crippen LogP contribution in [-0.2, 0) is 4.79 Å². The Morgan fingerprint density at radius 3 is 2.29 bits per heavy atom. The molecule has 1 unspecified atom stereocenters. The highest BCUT2D eigenvalue weighted by molar-refractivity contribution is 6.35. The van der Waals surface area contributed by atoms with E-state index in [-0.39, 0.29) is 12.4 Å². The minimum absolute atomic E-state index is 0.0999. The van der Waals surface area contributed by atoms with Gasteiger partial charge in [-0.15, -0.1) is 0 Å². The van der Waals surface area contributed by atoms with Gasteiger partial charge in [0.25, 0.3) is 0 Å². The summed E-state index contributed by atoms with van der Waals surface area (Å²) in [5, 5.41) is 3.64. The van der Waals surface area contributed by atoms with Crippen LogP contribution >= 0.6 is 11.6 Å². The highest BCUT2D eigenvalue weighted by atomic mass is 35.5. The maximum Gasteiger partial charge on any atom is 0.228 e. The number of nitrogens with two attached hydrogens (primary N) is 1. The number of rotatable bonds is 9. The average Bonchev–Trinajstić information content (AvgIpc) is 2.85. The van der Waals surface area contributed by atoms with Crippen molar-refractivity contribution in [3.05, 3.63) is 124 Å². The molecule has 0 saturated heterocycles. The number of halogens is 1. The van der Waals surface area contributed by atoms with Crippen LogP contribution in [-0.4, -0.2) is 18.3 Å². The van der Waals surface area contributed by atoms with Crippen molar-refractivity contribution in [1.82, 2.24) is 0 Å². The summed E-state index contributed by atoms with van der Waals surface area (Å²) in [4.78, 5) is 25.3. The predicted molar refractivity (Wildman–Crippen MR) is 140 cm³/mol. The average molecular weight is 485 g/mol. The molecule has 6 heteroatoms. The fraction of sp³-hybridized carbons (Fsp3) is 0.103. The van der Waals surface area contributed by atoms with Crippen LogP contribution in [0.25, 0.3) is 0 Å². The first-order valence-corrected chi connectivity index (χ1v) is 11.5. The Morgan fingerprint density at radius 2 is 1.57 bits per heavy atom. The van der Waals surface area contributed by atoms with Gasteiger partial charge >= 0.3 is 0 Å². The van der Waals surface area contributed by atoms with Crippen LogP contribution < -0.4 is 15.8 Å². The first-order chi connectivity index (χ1) is 16.9. The fourth-order valence-corrected chi connectivity index (χ4v) is 4.11. The Bertz CT molecular complexity index is 1360. The lowest BCUT2D eigenvalue weighted by atomic mass is 9.96. The van der Waals surface area contributed by atoms with E-state index in [1.807, 2.05) is 79.7 Å². The summed E-state index contributed by atoms with van der Waals surface area (Å²) in [6.07, 6.45) is 0. The predicted octanol–water partition coefficient (Wildman–Crippen LogP) is 6.27. The lowest BCUT2D eigenvalue weighted by Gasteiger charge is -2.19. The number of primary amides is 1. The molecule has 0 heterocycles. The Kier molecular flexibility index (Phi) is 7.48. The van der Waals surface area contributed by atoms with E-state index in [4.69, 9.17) is 22.1 Å². The summed E-state index contributed by atoms with van der Waals surface area (Å²) in [6, 6.07) is 29.2. The van der Waals surface area contributed by atoms with Crippen molar-refractivity contribution in [1.29, 1.82) is 0 Å². The molecule has 5 nitrogen and oxygen atoms in total. The molecule has 1 amide bonds. The van der Waals surface area contributed by atoms with E-state index in [0.717, 1.165) is 5.56 Å². The molecular formula is C29H25ClN2O3. The number of carbonyl (C=O) groups excluding carboxylic acids is 2. The fourth-order valence-electron chi connectivity index (χ4n) is 3.84. The van der Waals surface area contributed by atoms with Crippen LogP contribution in [0.1, 0.15) is 33.0 Å². The third-order valence-electron chi connectivity index (χ3n) is 5.72. The Morgan fingerprint density at radius 1 is 0.886 bits per heavy atom. The summed E-state index contributed by atoms with van der Waals surface area (Å²) < 4.78 is 5.81. The van der Waals surface area contributed by atoms with E-state index < -0.39 is 11.8 Å². The number of anilines is 2. The zero-order chi connectivity index (χ0) is 24.8.